The predicted molar refractivity (Wildman–Crippen MR) is 116 cm³/mol. The molecule has 0 spiro atoms. The number of amides is 1. The summed E-state index contributed by atoms with van der Waals surface area (Å²) in [5.74, 6) is 1.33. The molecule has 2 N–H and O–H groups in total. The summed E-state index contributed by atoms with van der Waals surface area (Å²) in [5, 5.41) is 6.64. The van der Waals surface area contributed by atoms with E-state index in [-0.39, 0.29) is 6.09 Å². The van der Waals surface area contributed by atoms with Gasteiger partial charge in [-0.05, 0) is 88.8 Å². The van der Waals surface area contributed by atoms with Gasteiger partial charge in [-0.2, -0.15) is 0 Å². The van der Waals surface area contributed by atoms with E-state index >= 15 is 0 Å². The standard InChI is InChI=1S/C24H38N2O2/c1-24(2,3)28-23(27)25-17-18-9-13-21(14-10-18)26-22-15-11-20(12-16-22)19-7-5-4-6-8-19/h11-12,15-16,18-19,21,26H,4-10,13-14,17H2,1-3H3,(H,25,27). The summed E-state index contributed by atoms with van der Waals surface area (Å²) in [4.78, 5) is 11.8. The summed E-state index contributed by atoms with van der Waals surface area (Å²) in [6, 6.07) is 9.72. The van der Waals surface area contributed by atoms with Crippen molar-refractivity contribution in [1.29, 1.82) is 0 Å². The summed E-state index contributed by atoms with van der Waals surface area (Å²) in [6.07, 6.45) is 11.2. The number of hydrogen-bond acceptors (Lipinski definition) is 3. The van der Waals surface area contributed by atoms with Crippen molar-refractivity contribution in [2.24, 2.45) is 5.92 Å². The third-order valence-corrected chi connectivity index (χ3v) is 6.14. The topological polar surface area (TPSA) is 50.4 Å². The van der Waals surface area contributed by atoms with Gasteiger partial charge in [0.05, 0.1) is 0 Å². The average Bonchev–Trinajstić information content (AvgIpc) is 2.67. The van der Waals surface area contributed by atoms with Crippen molar-refractivity contribution in [2.75, 3.05) is 11.9 Å². The van der Waals surface area contributed by atoms with E-state index in [0.29, 0.717) is 12.0 Å². The molecule has 2 aliphatic rings. The summed E-state index contributed by atoms with van der Waals surface area (Å²) < 4.78 is 5.32. The Kier molecular flexibility index (Phi) is 7.25. The lowest BCUT2D eigenvalue weighted by Gasteiger charge is -2.30. The van der Waals surface area contributed by atoms with E-state index in [2.05, 4.69) is 34.9 Å². The van der Waals surface area contributed by atoms with E-state index in [4.69, 9.17) is 4.74 Å². The molecule has 0 saturated heterocycles. The van der Waals surface area contributed by atoms with E-state index in [9.17, 15) is 4.79 Å². The molecule has 3 rings (SSSR count). The molecule has 2 fully saturated rings. The van der Waals surface area contributed by atoms with Gasteiger partial charge in [-0.25, -0.2) is 4.79 Å². The molecule has 156 valence electrons. The van der Waals surface area contributed by atoms with Gasteiger partial charge in [-0.3, -0.25) is 0 Å². The van der Waals surface area contributed by atoms with Crippen LogP contribution in [0.15, 0.2) is 24.3 Å². The summed E-state index contributed by atoms with van der Waals surface area (Å²) in [5.41, 5.74) is 2.33. The lowest BCUT2D eigenvalue weighted by molar-refractivity contribution is 0.0515. The maximum absolute atomic E-state index is 11.8. The van der Waals surface area contributed by atoms with E-state index < -0.39 is 5.60 Å². The minimum Gasteiger partial charge on any atom is -0.444 e. The zero-order valence-electron chi connectivity index (χ0n) is 17.9. The molecule has 0 unspecified atom stereocenters. The molecule has 4 heteroatoms. The Morgan fingerprint density at radius 2 is 1.61 bits per heavy atom. The number of anilines is 1. The Morgan fingerprint density at radius 1 is 0.964 bits per heavy atom. The number of carbonyl (C=O) groups excluding carboxylic acids is 1. The molecule has 28 heavy (non-hydrogen) atoms. The van der Waals surface area contributed by atoms with E-state index in [1.807, 2.05) is 20.8 Å². The van der Waals surface area contributed by atoms with Crippen LogP contribution in [0.3, 0.4) is 0 Å². The number of rotatable bonds is 5. The van der Waals surface area contributed by atoms with Gasteiger partial charge in [0.25, 0.3) is 0 Å². The van der Waals surface area contributed by atoms with Crippen molar-refractivity contribution in [1.82, 2.24) is 5.32 Å². The maximum Gasteiger partial charge on any atom is 0.407 e. The van der Waals surface area contributed by atoms with Gasteiger partial charge in [0.1, 0.15) is 5.60 Å². The van der Waals surface area contributed by atoms with Crippen molar-refractivity contribution in [3.05, 3.63) is 29.8 Å². The lowest BCUT2D eigenvalue weighted by atomic mass is 9.84. The monoisotopic (exact) mass is 386 g/mol. The second-order valence-electron chi connectivity index (χ2n) is 9.70. The van der Waals surface area contributed by atoms with Crippen LogP contribution >= 0.6 is 0 Å². The average molecular weight is 387 g/mol. The molecule has 2 saturated carbocycles. The van der Waals surface area contributed by atoms with Crippen LogP contribution in [-0.4, -0.2) is 24.3 Å². The molecule has 0 bridgehead atoms. The van der Waals surface area contributed by atoms with Crippen molar-refractivity contribution in [3.63, 3.8) is 0 Å². The van der Waals surface area contributed by atoms with Crippen LogP contribution in [0.4, 0.5) is 10.5 Å². The van der Waals surface area contributed by atoms with Crippen LogP contribution < -0.4 is 10.6 Å². The van der Waals surface area contributed by atoms with Crippen molar-refractivity contribution in [3.8, 4) is 0 Å². The predicted octanol–water partition coefficient (Wildman–Crippen LogP) is 6.23. The van der Waals surface area contributed by atoms with Crippen molar-refractivity contribution < 1.29 is 9.53 Å². The second-order valence-corrected chi connectivity index (χ2v) is 9.70. The Bertz CT molecular complexity index is 606. The number of alkyl carbamates (subject to hydrolysis) is 1. The van der Waals surface area contributed by atoms with Crippen LogP contribution in [0.2, 0.25) is 0 Å². The Balaban J connectivity index is 1.37. The van der Waals surface area contributed by atoms with E-state index in [1.54, 1.807) is 0 Å². The molecule has 1 aromatic rings. The lowest BCUT2D eigenvalue weighted by Crippen LogP contribution is -2.37. The first-order chi connectivity index (χ1) is 13.4. The fraction of sp³-hybridized carbons (Fsp3) is 0.708. The zero-order chi connectivity index (χ0) is 20.0. The maximum atomic E-state index is 11.8. The minimum atomic E-state index is -0.432. The van der Waals surface area contributed by atoms with Crippen LogP contribution in [0.25, 0.3) is 0 Å². The normalized spacial score (nSPS) is 23.8. The number of ether oxygens (including phenoxy) is 1. The third-order valence-electron chi connectivity index (χ3n) is 6.14. The highest BCUT2D eigenvalue weighted by atomic mass is 16.6. The van der Waals surface area contributed by atoms with Crippen LogP contribution in [0.5, 0.6) is 0 Å². The molecular weight excluding hydrogens is 348 g/mol. The molecule has 1 aromatic carbocycles. The third kappa shape index (κ3) is 6.72. The van der Waals surface area contributed by atoms with E-state index in [1.165, 1.54) is 43.4 Å². The largest absolute Gasteiger partial charge is 0.444 e. The van der Waals surface area contributed by atoms with Gasteiger partial charge in [0, 0.05) is 18.3 Å². The molecule has 2 aliphatic carbocycles. The summed E-state index contributed by atoms with van der Waals surface area (Å²) >= 11 is 0. The SMILES string of the molecule is CC(C)(C)OC(=O)NCC1CCC(Nc2ccc(C3CCCCC3)cc2)CC1. The highest BCUT2D eigenvalue weighted by Crippen LogP contribution is 2.33. The van der Waals surface area contributed by atoms with Crippen LogP contribution in [-0.2, 0) is 4.74 Å². The summed E-state index contributed by atoms with van der Waals surface area (Å²) in [7, 11) is 0. The van der Waals surface area contributed by atoms with Crippen molar-refractivity contribution >= 4 is 11.8 Å². The first kappa shape index (κ1) is 21.0. The number of carbonyl (C=O) groups is 1. The first-order valence-electron chi connectivity index (χ1n) is 11.2. The Labute approximate surface area is 170 Å². The Morgan fingerprint density at radius 3 is 2.21 bits per heavy atom. The smallest absolute Gasteiger partial charge is 0.407 e. The minimum absolute atomic E-state index is 0.300. The molecule has 0 radical (unpaired) electrons. The number of benzene rings is 1. The van der Waals surface area contributed by atoms with Crippen LogP contribution in [0.1, 0.15) is 90.0 Å². The number of hydrogen-bond donors (Lipinski definition) is 2. The molecule has 0 aromatic heterocycles. The van der Waals surface area contributed by atoms with Crippen LogP contribution in [0, 0.1) is 5.92 Å². The van der Waals surface area contributed by atoms with Gasteiger partial charge < -0.3 is 15.4 Å². The van der Waals surface area contributed by atoms with Crippen molar-refractivity contribution in [2.45, 2.75) is 96.1 Å². The van der Waals surface area contributed by atoms with Gasteiger partial charge >= 0.3 is 6.09 Å². The van der Waals surface area contributed by atoms with Gasteiger partial charge in [0.15, 0.2) is 0 Å². The van der Waals surface area contributed by atoms with E-state index in [0.717, 1.165) is 38.1 Å². The second kappa shape index (κ2) is 9.67. The quantitative estimate of drug-likeness (QED) is 0.630. The molecule has 0 heterocycles. The highest BCUT2D eigenvalue weighted by molar-refractivity contribution is 5.67. The molecule has 4 nitrogen and oxygen atoms in total. The van der Waals surface area contributed by atoms with Gasteiger partial charge in [-0.15, -0.1) is 0 Å². The summed E-state index contributed by atoms with van der Waals surface area (Å²) in [6.45, 7) is 6.40. The molecule has 0 aliphatic heterocycles. The molecule has 0 atom stereocenters. The number of nitrogens with one attached hydrogen (secondary N) is 2. The fourth-order valence-electron chi connectivity index (χ4n) is 4.58. The highest BCUT2D eigenvalue weighted by Gasteiger charge is 2.23. The Hall–Kier alpha value is -1.71. The van der Waals surface area contributed by atoms with Gasteiger partial charge in [0.2, 0.25) is 0 Å². The van der Waals surface area contributed by atoms with Gasteiger partial charge in [-0.1, -0.05) is 31.4 Å². The fourth-order valence-corrected chi connectivity index (χ4v) is 4.58. The molecule has 1 amide bonds. The zero-order valence-corrected chi connectivity index (χ0v) is 17.9. The molecular formula is C24H38N2O2. The first-order valence-corrected chi connectivity index (χ1v) is 11.2.